The number of hydrogen-bond donors (Lipinski definition) is 1. The Hall–Kier alpha value is -1.49. The molecule has 104 valence electrons. The van der Waals surface area contributed by atoms with Gasteiger partial charge in [-0.05, 0) is 43.0 Å². The number of carbonyl (C=O) groups is 1. The van der Waals surface area contributed by atoms with E-state index in [-0.39, 0.29) is 0 Å². The maximum absolute atomic E-state index is 13.1. The summed E-state index contributed by atoms with van der Waals surface area (Å²) < 4.78 is 26.0. The van der Waals surface area contributed by atoms with Gasteiger partial charge in [-0.2, -0.15) is 0 Å². The molecule has 0 spiro atoms. The molecule has 1 aromatic rings. The minimum absolute atomic E-state index is 0.334. The average Bonchev–Trinajstić information content (AvgIpc) is 2.36. The van der Waals surface area contributed by atoms with E-state index in [0.29, 0.717) is 31.0 Å². The van der Waals surface area contributed by atoms with Gasteiger partial charge in [-0.1, -0.05) is 13.0 Å². The van der Waals surface area contributed by atoms with Crippen LogP contribution in [0.5, 0.6) is 0 Å². The van der Waals surface area contributed by atoms with Crippen molar-refractivity contribution >= 4 is 5.97 Å². The molecule has 0 aliphatic carbocycles. The van der Waals surface area contributed by atoms with Crippen LogP contribution in [0.2, 0.25) is 0 Å². The number of benzene rings is 1. The first-order valence-electron chi connectivity index (χ1n) is 6.38. The Kier molecular flexibility index (Phi) is 4.14. The SMILES string of the molecule is CC1CCN(Cc2ccc(F)c(F)c2)C(C(=O)O)C1. The molecule has 1 saturated heterocycles. The van der Waals surface area contributed by atoms with Gasteiger partial charge < -0.3 is 5.11 Å². The quantitative estimate of drug-likeness (QED) is 0.917. The van der Waals surface area contributed by atoms with Crippen molar-refractivity contribution in [1.82, 2.24) is 4.90 Å². The highest BCUT2D eigenvalue weighted by Gasteiger charge is 2.31. The van der Waals surface area contributed by atoms with E-state index in [2.05, 4.69) is 0 Å². The number of carboxylic acids is 1. The minimum Gasteiger partial charge on any atom is -0.480 e. The molecule has 2 atom stereocenters. The molecule has 1 N–H and O–H groups in total. The summed E-state index contributed by atoms with van der Waals surface area (Å²) >= 11 is 0. The van der Waals surface area contributed by atoms with Crippen molar-refractivity contribution in [3.63, 3.8) is 0 Å². The van der Waals surface area contributed by atoms with E-state index in [1.54, 1.807) is 0 Å². The summed E-state index contributed by atoms with van der Waals surface area (Å²) in [5, 5.41) is 9.23. The van der Waals surface area contributed by atoms with Crippen LogP contribution in [-0.2, 0) is 11.3 Å². The number of hydrogen-bond acceptors (Lipinski definition) is 2. The molecule has 0 aromatic heterocycles. The second kappa shape index (κ2) is 5.65. The van der Waals surface area contributed by atoms with Crippen molar-refractivity contribution in [2.75, 3.05) is 6.54 Å². The highest BCUT2D eigenvalue weighted by atomic mass is 19.2. The molecule has 5 heteroatoms. The number of nitrogens with zero attached hydrogens (tertiary/aromatic N) is 1. The van der Waals surface area contributed by atoms with Crippen LogP contribution in [0.3, 0.4) is 0 Å². The van der Waals surface area contributed by atoms with Crippen LogP contribution in [0.15, 0.2) is 18.2 Å². The molecule has 3 nitrogen and oxygen atoms in total. The molecule has 1 aliphatic rings. The summed E-state index contributed by atoms with van der Waals surface area (Å²) in [4.78, 5) is 13.1. The van der Waals surface area contributed by atoms with Crippen molar-refractivity contribution < 1.29 is 18.7 Å². The zero-order chi connectivity index (χ0) is 14.0. The van der Waals surface area contributed by atoms with E-state index in [4.69, 9.17) is 0 Å². The molecule has 0 bridgehead atoms. The molecular formula is C14H17F2NO2. The lowest BCUT2D eigenvalue weighted by Crippen LogP contribution is -2.46. The van der Waals surface area contributed by atoms with Crippen molar-refractivity contribution in [3.8, 4) is 0 Å². The van der Waals surface area contributed by atoms with Crippen LogP contribution in [0, 0.1) is 17.6 Å². The summed E-state index contributed by atoms with van der Waals surface area (Å²) in [5.41, 5.74) is 0.597. The summed E-state index contributed by atoms with van der Waals surface area (Å²) in [7, 11) is 0. The van der Waals surface area contributed by atoms with Gasteiger partial charge in [0.05, 0.1) is 0 Å². The van der Waals surface area contributed by atoms with Crippen molar-refractivity contribution in [2.24, 2.45) is 5.92 Å². The molecule has 1 aromatic carbocycles. The third-order valence-electron chi connectivity index (χ3n) is 3.63. The van der Waals surface area contributed by atoms with Gasteiger partial charge in [0.15, 0.2) is 11.6 Å². The van der Waals surface area contributed by atoms with Crippen molar-refractivity contribution in [3.05, 3.63) is 35.4 Å². The molecule has 2 rings (SSSR count). The second-order valence-electron chi connectivity index (χ2n) is 5.20. The summed E-state index contributed by atoms with van der Waals surface area (Å²) in [6.07, 6.45) is 1.52. The first-order chi connectivity index (χ1) is 8.97. The van der Waals surface area contributed by atoms with Gasteiger partial charge in [-0.3, -0.25) is 9.69 Å². The molecule has 19 heavy (non-hydrogen) atoms. The lowest BCUT2D eigenvalue weighted by atomic mass is 9.92. The predicted molar refractivity (Wildman–Crippen MR) is 66.6 cm³/mol. The molecule has 1 heterocycles. The summed E-state index contributed by atoms with van der Waals surface area (Å²) in [6, 6.07) is 3.16. The fourth-order valence-electron chi connectivity index (χ4n) is 2.51. The maximum Gasteiger partial charge on any atom is 0.320 e. The molecule has 0 amide bonds. The molecule has 2 unspecified atom stereocenters. The highest BCUT2D eigenvalue weighted by molar-refractivity contribution is 5.73. The first kappa shape index (κ1) is 13.9. The van der Waals surface area contributed by atoms with E-state index in [1.807, 2.05) is 11.8 Å². The molecule has 0 radical (unpaired) electrons. The van der Waals surface area contributed by atoms with Crippen LogP contribution < -0.4 is 0 Å². The monoisotopic (exact) mass is 269 g/mol. The number of rotatable bonds is 3. The van der Waals surface area contributed by atoms with Crippen molar-refractivity contribution in [2.45, 2.75) is 32.4 Å². The highest BCUT2D eigenvalue weighted by Crippen LogP contribution is 2.24. The van der Waals surface area contributed by atoms with Gasteiger partial charge in [0.2, 0.25) is 0 Å². The smallest absolute Gasteiger partial charge is 0.320 e. The van der Waals surface area contributed by atoms with Crippen LogP contribution in [0.4, 0.5) is 8.78 Å². The van der Waals surface area contributed by atoms with Crippen molar-refractivity contribution in [1.29, 1.82) is 0 Å². The Balaban J connectivity index is 2.11. The lowest BCUT2D eigenvalue weighted by Gasteiger charge is -2.36. The summed E-state index contributed by atoms with van der Waals surface area (Å²) in [6.45, 7) is 3.03. The summed E-state index contributed by atoms with van der Waals surface area (Å²) in [5.74, 6) is -2.25. The van der Waals surface area contributed by atoms with Crippen LogP contribution in [0.25, 0.3) is 0 Å². The minimum atomic E-state index is -0.894. The fourth-order valence-corrected chi connectivity index (χ4v) is 2.51. The van der Waals surface area contributed by atoms with Gasteiger partial charge >= 0.3 is 5.97 Å². The number of piperidine rings is 1. The van der Waals surface area contributed by atoms with Gasteiger partial charge in [0.25, 0.3) is 0 Å². The zero-order valence-electron chi connectivity index (χ0n) is 10.8. The van der Waals surface area contributed by atoms with Gasteiger partial charge in [0.1, 0.15) is 6.04 Å². The average molecular weight is 269 g/mol. The molecule has 1 aliphatic heterocycles. The lowest BCUT2D eigenvalue weighted by molar-refractivity contribution is -0.145. The Morgan fingerprint density at radius 3 is 2.79 bits per heavy atom. The second-order valence-corrected chi connectivity index (χ2v) is 5.20. The maximum atomic E-state index is 13.1. The van der Waals surface area contributed by atoms with Gasteiger partial charge in [0, 0.05) is 6.54 Å². The van der Waals surface area contributed by atoms with Crippen LogP contribution >= 0.6 is 0 Å². The molecule has 1 fully saturated rings. The van der Waals surface area contributed by atoms with E-state index in [9.17, 15) is 18.7 Å². The van der Waals surface area contributed by atoms with Crippen LogP contribution in [-0.4, -0.2) is 28.6 Å². The Morgan fingerprint density at radius 2 is 2.16 bits per heavy atom. The standard InChI is InChI=1S/C14H17F2NO2/c1-9-4-5-17(13(6-9)14(18)19)8-10-2-3-11(15)12(16)7-10/h2-3,7,9,13H,4-6,8H2,1H3,(H,18,19). The van der Waals surface area contributed by atoms with Gasteiger partial charge in [-0.15, -0.1) is 0 Å². The third-order valence-corrected chi connectivity index (χ3v) is 3.63. The number of likely N-dealkylation sites (tertiary alicyclic amines) is 1. The van der Waals surface area contributed by atoms with E-state index in [1.165, 1.54) is 6.07 Å². The topological polar surface area (TPSA) is 40.5 Å². The normalized spacial score (nSPS) is 24.4. The van der Waals surface area contributed by atoms with E-state index < -0.39 is 23.6 Å². The predicted octanol–water partition coefficient (Wildman–Crippen LogP) is 2.65. The molecule has 0 saturated carbocycles. The van der Waals surface area contributed by atoms with Crippen LogP contribution in [0.1, 0.15) is 25.3 Å². The first-order valence-corrected chi connectivity index (χ1v) is 6.38. The third kappa shape index (κ3) is 3.29. The fraction of sp³-hybridized carbons (Fsp3) is 0.500. The zero-order valence-corrected chi connectivity index (χ0v) is 10.8. The largest absolute Gasteiger partial charge is 0.480 e. The Morgan fingerprint density at radius 1 is 1.42 bits per heavy atom. The molecular weight excluding hydrogens is 252 g/mol. The Labute approximate surface area is 110 Å². The number of carboxylic acid groups (broad SMARTS) is 1. The number of halogens is 2. The van der Waals surface area contributed by atoms with E-state index in [0.717, 1.165) is 18.6 Å². The number of aliphatic carboxylic acids is 1. The van der Waals surface area contributed by atoms with Gasteiger partial charge in [-0.25, -0.2) is 8.78 Å². The van der Waals surface area contributed by atoms with E-state index >= 15 is 0 Å². The Bertz CT molecular complexity index is 479.